The number of Topliss-reactive ketones (excluding diaryl/α,β-unsaturated/α-hetero) is 1. The molecule has 0 unspecified atom stereocenters. The molecule has 1 aliphatic heterocycles. The summed E-state index contributed by atoms with van der Waals surface area (Å²) in [6, 6.07) is 12.7. The summed E-state index contributed by atoms with van der Waals surface area (Å²) in [6.07, 6.45) is 3.98. The van der Waals surface area contributed by atoms with E-state index in [-0.39, 0.29) is 37.0 Å². The number of fused-ring (bicyclic) bond motifs is 1. The Morgan fingerprint density at radius 3 is 2.64 bits per heavy atom. The summed E-state index contributed by atoms with van der Waals surface area (Å²) >= 11 is 1.50. The summed E-state index contributed by atoms with van der Waals surface area (Å²) in [5, 5.41) is 11.6. The molecule has 1 amide bonds. The van der Waals surface area contributed by atoms with E-state index in [9.17, 15) is 19.1 Å². The van der Waals surface area contributed by atoms with Gasteiger partial charge in [0.1, 0.15) is 40.6 Å². The van der Waals surface area contributed by atoms with Gasteiger partial charge in [-0.25, -0.2) is 9.37 Å². The maximum absolute atomic E-state index is 13.7. The number of pyridine rings is 1. The predicted molar refractivity (Wildman–Crippen MR) is 156 cm³/mol. The van der Waals surface area contributed by atoms with E-state index in [2.05, 4.69) is 4.98 Å². The zero-order chi connectivity index (χ0) is 29.6. The molecule has 2 aliphatic rings. The number of benzene rings is 2. The average molecular weight is 588 g/mol. The molecule has 42 heavy (non-hydrogen) atoms. The van der Waals surface area contributed by atoms with E-state index >= 15 is 0 Å². The van der Waals surface area contributed by atoms with E-state index in [0.29, 0.717) is 33.9 Å². The van der Waals surface area contributed by atoms with Gasteiger partial charge in [0.05, 0.1) is 22.2 Å². The van der Waals surface area contributed by atoms with Crippen molar-refractivity contribution in [2.75, 3.05) is 6.61 Å². The topological polar surface area (TPSA) is 125 Å². The number of hydrogen-bond acceptors (Lipinski definition) is 8. The highest BCUT2D eigenvalue weighted by Crippen LogP contribution is 2.46. The zero-order valence-corrected chi connectivity index (χ0v) is 24.0. The Balaban J connectivity index is 1.29. The monoisotopic (exact) mass is 587 g/mol. The summed E-state index contributed by atoms with van der Waals surface area (Å²) in [5.74, 6) is -0.135. The average Bonchev–Trinajstić information content (AvgIpc) is 3.48. The third-order valence-electron chi connectivity index (χ3n) is 7.94. The second-order valence-corrected chi connectivity index (χ2v) is 12.2. The Morgan fingerprint density at radius 2 is 1.98 bits per heavy atom. The molecule has 1 saturated carbocycles. The van der Waals surface area contributed by atoms with Gasteiger partial charge in [0, 0.05) is 34.9 Å². The van der Waals surface area contributed by atoms with Crippen LogP contribution in [0.1, 0.15) is 61.1 Å². The van der Waals surface area contributed by atoms with Crippen molar-refractivity contribution in [3.05, 3.63) is 82.9 Å². The number of halogens is 1. The van der Waals surface area contributed by atoms with Crippen molar-refractivity contribution >= 4 is 23.0 Å². The minimum absolute atomic E-state index is 0.0143. The van der Waals surface area contributed by atoms with Crippen LogP contribution in [0.15, 0.2) is 60.2 Å². The van der Waals surface area contributed by atoms with Crippen LogP contribution in [0, 0.1) is 5.82 Å². The van der Waals surface area contributed by atoms with Crippen molar-refractivity contribution in [3.63, 3.8) is 0 Å². The van der Waals surface area contributed by atoms with Gasteiger partial charge in [0.15, 0.2) is 5.78 Å². The second-order valence-electron chi connectivity index (χ2n) is 11.3. The molecular weight excluding hydrogens is 557 g/mol. The number of ether oxygens (including phenoxy) is 2. The van der Waals surface area contributed by atoms with Crippen LogP contribution in [0.25, 0.3) is 21.7 Å². The van der Waals surface area contributed by atoms with E-state index in [1.807, 2.05) is 6.07 Å². The lowest BCUT2D eigenvalue weighted by Gasteiger charge is -2.26. The number of ketones is 1. The molecule has 8 nitrogen and oxygen atoms in total. The van der Waals surface area contributed by atoms with Gasteiger partial charge in [-0.15, -0.1) is 11.3 Å². The van der Waals surface area contributed by atoms with Gasteiger partial charge in [0.25, 0.3) is 0 Å². The molecule has 1 fully saturated rings. The van der Waals surface area contributed by atoms with Crippen molar-refractivity contribution in [2.45, 2.75) is 56.7 Å². The number of aromatic nitrogens is 2. The normalized spacial score (nSPS) is 19.0. The van der Waals surface area contributed by atoms with Gasteiger partial charge in [-0.1, -0.05) is 6.07 Å². The summed E-state index contributed by atoms with van der Waals surface area (Å²) in [7, 11) is 0. The minimum Gasteiger partial charge on any atom is -0.490 e. The zero-order valence-electron chi connectivity index (χ0n) is 23.2. The number of hydrogen-bond donors (Lipinski definition) is 2. The number of primary amides is 1. The maximum Gasteiger partial charge on any atom is 0.231 e. The first kappa shape index (κ1) is 28.0. The first-order valence-electron chi connectivity index (χ1n) is 13.7. The molecular formula is C32H30FN3O5S. The van der Waals surface area contributed by atoms with Gasteiger partial charge in [0.2, 0.25) is 5.91 Å². The van der Waals surface area contributed by atoms with Crippen LogP contribution in [0.5, 0.6) is 11.5 Å². The fourth-order valence-corrected chi connectivity index (χ4v) is 5.66. The third kappa shape index (κ3) is 5.28. The van der Waals surface area contributed by atoms with E-state index in [1.54, 1.807) is 55.9 Å². The number of amides is 1. The molecule has 3 heterocycles. The SMILES string of the molecule is C[C@](O)(CCC(=O)c1ccc(-c2cncs2)c(OC2CC2)c1)c1cc2c(c(-c3ccc(F)cc3)n1)OC[C@]2(C)C(N)=O. The van der Waals surface area contributed by atoms with Gasteiger partial charge in [-0.2, -0.15) is 0 Å². The minimum atomic E-state index is -1.55. The first-order valence-corrected chi connectivity index (χ1v) is 14.6. The molecule has 216 valence electrons. The molecule has 3 N–H and O–H groups in total. The lowest BCUT2D eigenvalue weighted by Crippen LogP contribution is -2.40. The lowest BCUT2D eigenvalue weighted by atomic mass is 9.81. The Morgan fingerprint density at radius 1 is 1.21 bits per heavy atom. The van der Waals surface area contributed by atoms with Crippen LogP contribution in [0.4, 0.5) is 4.39 Å². The first-order chi connectivity index (χ1) is 20.0. The van der Waals surface area contributed by atoms with Crippen molar-refractivity contribution < 1.29 is 28.6 Å². The van der Waals surface area contributed by atoms with E-state index < -0.39 is 22.7 Å². The molecule has 0 radical (unpaired) electrons. The summed E-state index contributed by atoms with van der Waals surface area (Å²) in [6.45, 7) is 3.27. The van der Waals surface area contributed by atoms with Gasteiger partial charge < -0.3 is 20.3 Å². The van der Waals surface area contributed by atoms with Gasteiger partial charge in [-0.05, 0) is 75.6 Å². The molecule has 1 aliphatic carbocycles. The summed E-state index contributed by atoms with van der Waals surface area (Å²) in [5.41, 5.74) is 7.86. The van der Waals surface area contributed by atoms with Crippen LogP contribution < -0.4 is 15.2 Å². The number of rotatable bonds is 10. The van der Waals surface area contributed by atoms with Crippen LogP contribution in [-0.2, 0) is 15.8 Å². The smallest absolute Gasteiger partial charge is 0.231 e. The van der Waals surface area contributed by atoms with E-state index in [0.717, 1.165) is 23.3 Å². The molecule has 4 aromatic rings. The quantitative estimate of drug-likeness (QED) is 0.233. The van der Waals surface area contributed by atoms with Crippen LogP contribution in [0.2, 0.25) is 0 Å². The van der Waals surface area contributed by atoms with Crippen molar-refractivity contribution in [2.24, 2.45) is 5.73 Å². The number of aliphatic hydroxyl groups is 1. The Kier molecular flexibility index (Phi) is 7.06. The molecule has 2 aromatic heterocycles. The largest absolute Gasteiger partial charge is 0.490 e. The predicted octanol–water partition coefficient (Wildman–Crippen LogP) is 5.56. The van der Waals surface area contributed by atoms with Crippen molar-refractivity contribution in [1.29, 1.82) is 0 Å². The second kappa shape index (κ2) is 10.6. The summed E-state index contributed by atoms with van der Waals surface area (Å²) < 4.78 is 25.7. The fourth-order valence-electron chi connectivity index (χ4n) is 5.01. The van der Waals surface area contributed by atoms with E-state index in [4.69, 9.17) is 20.2 Å². The molecule has 2 aromatic carbocycles. The molecule has 0 bridgehead atoms. The number of thiazole rings is 1. The third-order valence-corrected chi connectivity index (χ3v) is 8.75. The number of carbonyl (C=O) groups is 2. The van der Waals surface area contributed by atoms with Crippen LogP contribution in [-0.4, -0.2) is 39.5 Å². The fraction of sp³-hybridized carbons (Fsp3) is 0.312. The number of nitrogens with two attached hydrogens (primary N) is 1. The van der Waals surface area contributed by atoms with Crippen LogP contribution >= 0.6 is 11.3 Å². The number of carbonyl (C=O) groups excluding carboxylic acids is 2. The Hall–Kier alpha value is -4.15. The standard InChI is InChI=1S/C32H30FN3O5S/c1-31(30(34)38)16-40-29-23(31)14-27(36-28(29)18-3-6-20(33)7-4-18)32(2,39)12-11-24(37)19-5-10-22(26-15-35-17-42-26)25(13-19)41-21-8-9-21/h3-7,10,13-15,17,21,39H,8-9,11-12,16H2,1-2H3,(H2,34,38)/t31-,32-/m0/s1. The molecule has 0 spiro atoms. The van der Waals surface area contributed by atoms with Gasteiger partial charge >= 0.3 is 0 Å². The van der Waals surface area contributed by atoms with Gasteiger partial charge in [-0.3, -0.25) is 14.6 Å². The highest BCUT2D eigenvalue weighted by Gasteiger charge is 2.45. The molecule has 2 atom stereocenters. The Labute approximate surface area is 246 Å². The van der Waals surface area contributed by atoms with Crippen LogP contribution in [0.3, 0.4) is 0 Å². The molecule has 6 rings (SSSR count). The molecule has 0 saturated heterocycles. The van der Waals surface area contributed by atoms with E-state index in [1.165, 1.54) is 23.5 Å². The molecule has 10 heteroatoms. The summed E-state index contributed by atoms with van der Waals surface area (Å²) in [4.78, 5) is 35.6. The highest BCUT2D eigenvalue weighted by molar-refractivity contribution is 7.13. The van der Waals surface area contributed by atoms with Crippen molar-refractivity contribution in [1.82, 2.24) is 9.97 Å². The Bertz CT molecular complexity index is 1670. The maximum atomic E-state index is 13.7. The lowest BCUT2D eigenvalue weighted by molar-refractivity contribution is -0.123. The number of nitrogens with zero attached hydrogens (tertiary/aromatic N) is 2. The highest BCUT2D eigenvalue weighted by atomic mass is 32.1. The van der Waals surface area contributed by atoms with Crippen molar-refractivity contribution in [3.8, 4) is 33.2 Å².